The quantitative estimate of drug-likeness (QED) is 0.670. The Hall–Kier alpha value is -0.120. The highest BCUT2D eigenvalue weighted by atomic mass is 79.9. The monoisotopic (exact) mass is 278 g/mol. The third kappa shape index (κ3) is 1.73. The molecule has 0 spiro atoms. The SMILES string of the molecule is Fc1cc(Cl)c2sc(CBr)cc2c1. The molecule has 0 unspecified atom stereocenters. The Morgan fingerprint density at radius 1 is 1.38 bits per heavy atom. The zero-order chi connectivity index (χ0) is 9.42. The average molecular weight is 280 g/mol. The minimum absolute atomic E-state index is 0.281. The van der Waals surface area contributed by atoms with Crippen molar-refractivity contribution in [3.05, 3.63) is 33.9 Å². The van der Waals surface area contributed by atoms with Crippen LogP contribution in [0.15, 0.2) is 18.2 Å². The molecule has 2 rings (SSSR count). The van der Waals surface area contributed by atoms with Crippen molar-refractivity contribution in [1.29, 1.82) is 0 Å². The third-order valence-electron chi connectivity index (χ3n) is 1.72. The standard InChI is InChI=1S/C9H5BrClFS/c10-4-7-2-5-1-6(12)3-8(11)9(5)13-7/h1-3H,4H2. The summed E-state index contributed by atoms with van der Waals surface area (Å²) in [6.07, 6.45) is 0. The van der Waals surface area contributed by atoms with Gasteiger partial charge in [0.2, 0.25) is 0 Å². The highest BCUT2D eigenvalue weighted by Crippen LogP contribution is 2.33. The van der Waals surface area contributed by atoms with Gasteiger partial charge in [0.05, 0.1) is 9.72 Å². The van der Waals surface area contributed by atoms with Gasteiger partial charge in [0, 0.05) is 10.2 Å². The zero-order valence-electron chi connectivity index (χ0n) is 6.48. The summed E-state index contributed by atoms with van der Waals surface area (Å²) in [5, 5.41) is 2.15. The average Bonchev–Trinajstić information content (AvgIpc) is 2.47. The number of benzene rings is 1. The van der Waals surface area contributed by atoms with Crippen molar-refractivity contribution in [2.45, 2.75) is 5.33 Å². The number of thiophene rings is 1. The molecule has 0 aliphatic heterocycles. The number of hydrogen-bond donors (Lipinski definition) is 0. The highest BCUT2D eigenvalue weighted by molar-refractivity contribution is 9.08. The third-order valence-corrected chi connectivity index (χ3v) is 4.29. The first-order valence-corrected chi connectivity index (χ1v) is 5.96. The molecule has 0 nitrogen and oxygen atoms in total. The molecule has 2 aromatic rings. The lowest BCUT2D eigenvalue weighted by molar-refractivity contribution is 0.630. The van der Waals surface area contributed by atoms with E-state index in [2.05, 4.69) is 15.9 Å². The molecule has 68 valence electrons. The molecule has 13 heavy (non-hydrogen) atoms. The fraction of sp³-hybridized carbons (Fsp3) is 0.111. The van der Waals surface area contributed by atoms with E-state index in [0.29, 0.717) is 5.02 Å². The van der Waals surface area contributed by atoms with Crippen LogP contribution < -0.4 is 0 Å². The van der Waals surface area contributed by atoms with E-state index in [1.54, 1.807) is 11.3 Å². The van der Waals surface area contributed by atoms with Crippen LogP contribution in [0, 0.1) is 5.82 Å². The van der Waals surface area contributed by atoms with Gasteiger partial charge >= 0.3 is 0 Å². The van der Waals surface area contributed by atoms with Gasteiger partial charge in [0.25, 0.3) is 0 Å². The van der Waals surface area contributed by atoms with Gasteiger partial charge in [-0.2, -0.15) is 0 Å². The van der Waals surface area contributed by atoms with Crippen LogP contribution >= 0.6 is 38.9 Å². The summed E-state index contributed by atoms with van der Waals surface area (Å²) in [6.45, 7) is 0. The first kappa shape index (κ1) is 9.44. The molecule has 0 saturated heterocycles. The van der Waals surface area contributed by atoms with Crippen molar-refractivity contribution in [2.75, 3.05) is 0 Å². The van der Waals surface area contributed by atoms with E-state index in [1.165, 1.54) is 12.1 Å². The van der Waals surface area contributed by atoms with Crippen LogP contribution in [0.3, 0.4) is 0 Å². The summed E-state index contributed by atoms with van der Waals surface area (Å²) in [6, 6.07) is 4.80. The Bertz CT molecular complexity index is 452. The first-order valence-electron chi connectivity index (χ1n) is 3.64. The van der Waals surface area contributed by atoms with E-state index in [-0.39, 0.29) is 5.82 Å². The van der Waals surface area contributed by atoms with Gasteiger partial charge in [0.15, 0.2) is 0 Å². The van der Waals surface area contributed by atoms with E-state index in [0.717, 1.165) is 20.3 Å². The Labute approximate surface area is 92.5 Å². The predicted octanol–water partition coefficient (Wildman–Crippen LogP) is 4.59. The topological polar surface area (TPSA) is 0 Å². The van der Waals surface area contributed by atoms with Crippen molar-refractivity contribution in [2.24, 2.45) is 0 Å². The normalized spacial score (nSPS) is 11.0. The Morgan fingerprint density at radius 2 is 2.15 bits per heavy atom. The van der Waals surface area contributed by atoms with Crippen molar-refractivity contribution < 1.29 is 4.39 Å². The van der Waals surface area contributed by atoms with E-state index in [4.69, 9.17) is 11.6 Å². The van der Waals surface area contributed by atoms with Crippen molar-refractivity contribution in [1.82, 2.24) is 0 Å². The van der Waals surface area contributed by atoms with Crippen LogP contribution in [0.2, 0.25) is 5.02 Å². The second-order valence-electron chi connectivity index (χ2n) is 2.65. The molecule has 1 aromatic carbocycles. The van der Waals surface area contributed by atoms with Crippen LogP contribution in [0.1, 0.15) is 4.88 Å². The molecule has 0 N–H and O–H groups in total. The van der Waals surface area contributed by atoms with Crippen molar-refractivity contribution in [3.8, 4) is 0 Å². The molecular formula is C9H5BrClFS. The number of hydrogen-bond acceptors (Lipinski definition) is 1. The summed E-state index contributed by atoms with van der Waals surface area (Å²) in [5.74, 6) is -0.281. The maximum Gasteiger partial charge on any atom is 0.125 e. The summed E-state index contributed by atoms with van der Waals surface area (Å²) >= 11 is 10.8. The summed E-state index contributed by atoms with van der Waals surface area (Å²) in [7, 11) is 0. The van der Waals surface area contributed by atoms with Gasteiger partial charge in [-0.3, -0.25) is 0 Å². The molecule has 0 fully saturated rings. The van der Waals surface area contributed by atoms with E-state index < -0.39 is 0 Å². The van der Waals surface area contributed by atoms with E-state index in [1.807, 2.05) is 6.07 Å². The van der Waals surface area contributed by atoms with Crippen LogP contribution in [-0.2, 0) is 5.33 Å². The smallest absolute Gasteiger partial charge is 0.125 e. The van der Waals surface area contributed by atoms with E-state index >= 15 is 0 Å². The molecule has 1 aromatic heterocycles. The summed E-state index contributed by atoms with van der Waals surface area (Å²) in [4.78, 5) is 1.16. The zero-order valence-corrected chi connectivity index (χ0v) is 9.64. The second-order valence-corrected chi connectivity index (χ2v) is 4.76. The van der Waals surface area contributed by atoms with Gasteiger partial charge in [0.1, 0.15) is 5.82 Å². The molecule has 0 radical (unpaired) electrons. The molecule has 0 aliphatic carbocycles. The Balaban J connectivity index is 2.75. The van der Waals surface area contributed by atoms with Gasteiger partial charge in [-0.15, -0.1) is 11.3 Å². The van der Waals surface area contributed by atoms with Crippen LogP contribution in [-0.4, -0.2) is 0 Å². The van der Waals surface area contributed by atoms with Crippen LogP contribution in [0.5, 0.6) is 0 Å². The summed E-state index contributed by atoms with van der Waals surface area (Å²) < 4.78 is 13.9. The predicted molar refractivity (Wildman–Crippen MR) is 59.4 cm³/mol. The van der Waals surface area contributed by atoms with Gasteiger partial charge in [-0.25, -0.2) is 4.39 Å². The fourth-order valence-electron chi connectivity index (χ4n) is 1.20. The molecule has 0 saturated carbocycles. The molecular weight excluding hydrogens is 275 g/mol. The Kier molecular flexibility index (Phi) is 2.58. The van der Waals surface area contributed by atoms with Crippen LogP contribution in [0.25, 0.3) is 10.1 Å². The van der Waals surface area contributed by atoms with Crippen LogP contribution in [0.4, 0.5) is 4.39 Å². The lowest BCUT2D eigenvalue weighted by Gasteiger charge is -1.92. The number of halogens is 3. The largest absolute Gasteiger partial charge is 0.207 e. The first-order chi connectivity index (χ1) is 6.20. The fourth-order valence-corrected chi connectivity index (χ4v) is 2.92. The minimum Gasteiger partial charge on any atom is -0.207 e. The maximum atomic E-state index is 12.9. The number of rotatable bonds is 1. The lowest BCUT2D eigenvalue weighted by atomic mass is 10.2. The Morgan fingerprint density at radius 3 is 2.85 bits per heavy atom. The lowest BCUT2D eigenvalue weighted by Crippen LogP contribution is -1.72. The molecule has 0 amide bonds. The van der Waals surface area contributed by atoms with Crippen molar-refractivity contribution >= 4 is 49.0 Å². The number of alkyl halides is 1. The van der Waals surface area contributed by atoms with Gasteiger partial charge in [-0.05, 0) is 23.6 Å². The minimum atomic E-state index is -0.281. The summed E-state index contributed by atoms with van der Waals surface area (Å²) in [5.41, 5.74) is 0. The van der Waals surface area contributed by atoms with Gasteiger partial charge < -0.3 is 0 Å². The van der Waals surface area contributed by atoms with Gasteiger partial charge in [-0.1, -0.05) is 27.5 Å². The molecule has 0 atom stereocenters. The molecule has 0 aliphatic rings. The van der Waals surface area contributed by atoms with Crippen molar-refractivity contribution in [3.63, 3.8) is 0 Å². The molecule has 4 heteroatoms. The molecule has 1 heterocycles. The maximum absolute atomic E-state index is 12.9. The number of fused-ring (bicyclic) bond motifs is 1. The second kappa shape index (κ2) is 3.56. The van der Waals surface area contributed by atoms with E-state index in [9.17, 15) is 4.39 Å². The highest BCUT2D eigenvalue weighted by Gasteiger charge is 2.06. The molecule has 0 bridgehead atoms.